The number of aryl methyl sites for hydroxylation is 4. The zero-order valence-electron chi connectivity index (χ0n) is 15.2. The van der Waals surface area contributed by atoms with Gasteiger partial charge >= 0.3 is 0 Å². The highest BCUT2D eigenvalue weighted by Gasteiger charge is 2.10. The van der Waals surface area contributed by atoms with Crippen molar-refractivity contribution in [3.8, 4) is 0 Å². The lowest BCUT2D eigenvalue weighted by Crippen LogP contribution is -2.05. The SMILES string of the molecule is Cc1nc(Nc2cccc(Cn3nc(C)nc3C)c2)c2cnn(C)c2n1. The van der Waals surface area contributed by atoms with Gasteiger partial charge in [-0.2, -0.15) is 10.2 Å². The molecule has 0 saturated heterocycles. The van der Waals surface area contributed by atoms with Crippen LogP contribution in [0.25, 0.3) is 11.0 Å². The van der Waals surface area contributed by atoms with Gasteiger partial charge in [0.2, 0.25) is 0 Å². The Morgan fingerprint density at radius 2 is 1.88 bits per heavy atom. The van der Waals surface area contributed by atoms with E-state index in [1.165, 1.54) is 0 Å². The van der Waals surface area contributed by atoms with Gasteiger partial charge in [0.1, 0.15) is 23.3 Å². The van der Waals surface area contributed by atoms with E-state index in [-0.39, 0.29) is 0 Å². The topological polar surface area (TPSA) is 86.3 Å². The summed E-state index contributed by atoms with van der Waals surface area (Å²) in [5, 5.41) is 13.0. The van der Waals surface area contributed by atoms with E-state index in [0.717, 1.165) is 39.8 Å². The molecule has 4 aromatic rings. The number of aromatic nitrogens is 7. The van der Waals surface area contributed by atoms with Gasteiger partial charge in [0.25, 0.3) is 0 Å². The lowest BCUT2D eigenvalue weighted by atomic mass is 10.2. The van der Waals surface area contributed by atoms with E-state index >= 15 is 0 Å². The largest absolute Gasteiger partial charge is 0.339 e. The molecule has 3 heterocycles. The summed E-state index contributed by atoms with van der Waals surface area (Å²) in [7, 11) is 1.88. The third-order valence-corrected chi connectivity index (χ3v) is 4.19. The summed E-state index contributed by atoms with van der Waals surface area (Å²) in [5.41, 5.74) is 2.90. The quantitative estimate of drug-likeness (QED) is 0.610. The molecule has 3 aromatic heterocycles. The molecule has 26 heavy (non-hydrogen) atoms. The summed E-state index contributed by atoms with van der Waals surface area (Å²) in [5.74, 6) is 3.15. The predicted molar refractivity (Wildman–Crippen MR) is 99.4 cm³/mol. The Hall–Kier alpha value is -3.29. The van der Waals surface area contributed by atoms with Crippen molar-refractivity contribution in [3.63, 3.8) is 0 Å². The minimum absolute atomic E-state index is 0.674. The number of benzene rings is 1. The number of fused-ring (bicyclic) bond motifs is 1. The van der Waals surface area contributed by atoms with Crippen LogP contribution < -0.4 is 5.32 Å². The highest BCUT2D eigenvalue weighted by Crippen LogP contribution is 2.24. The van der Waals surface area contributed by atoms with Gasteiger partial charge in [0, 0.05) is 12.7 Å². The molecule has 0 fully saturated rings. The van der Waals surface area contributed by atoms with E-state index in [4.69, 9.17) is 0 Å². The zero-order valence-corrected chi connectivity index (χ0v) is 15.2. The van der Waals surface area contributed by atoms with Crippen LogP contribution in [0.15, 0.2) is 30.5 Å². The maximum absolute atomic E-state index is 4.54. The second kappa shape index (κ2) is 6.21. The van der Waals surface area contributed by atoms with Crippen LogP contribution in [-0.2, 0) is 13.6 Å². The summed E-state index contributed by atoms with van der Waals surface area (Å²) in [6.45, 7) is 6.42. The standard InChI is InChI=1S/C18H20N8/c1-11-21-17(16-9-19-25(4)18(16)22-11)23-15-7-5-6-14(8-15)10-26-13(3)20-12(2)24-26/h5-9H,10H2,1-4H3,(H,21,22,23). The molecule has 0 radical (unpaired) electrons. The van der Waals surface area contributed by atoms with Crippen molar-refractivity contribution < 1.29 is 0 Å². The van der Waals surface area contributed by atoms with Crippen LogP contribution in [0.1, 0.15) is 23.0 Å². The average Bonchev–Trinajstić information content (AvgIpc) is 3.10. The van der Waals surface area contributed by atoms with E-state index in [1.807, 2.05) is 44.6 Å². The molecule has 1 N–H and O–H groups in total. The minimum atomic E-state index is 0.674. The first-order valence-corrected chi connectivity index (χ1v) is 8.40. The fraction of sp³-hybridized carbons (Fsp3) is 0.278. The highest BCUT2D eigenvalue weighted by molar-refractivity contribution is 5.88. The molecule has 0 saturated carbocycles. The summed E-state index contributed by atoms with van der Waals surface area (Å²) < 4.78 is 3.66. The van der Waals surface area contributed by atoms with E-state index in [9.17, 15) is 0 Å². The van der Waals surface area contributed by atoms with Crippen LogP contribution in [-0.4, -0.2) is 34.5 Å². The summed E-state index contributed by atoms with van der Waals surface area (Å²) >= 11 is 0. The van der Waals surface area contributed by atoms with Crippen LogP contribution in [0, 0.1) is 20.8 Å². The van der Waals surface area contributed by atoms with Gasteiger partial charge < -0.3 is 5.32 Å². The molecule has 132 valence electrons. The van der Waals surface area contributed by atoms with Gasteiger partial charge in [-0.25, -0.2) is 19.6 Å². The Balaban J connectivity index is 1.64. The second-order valence-corrected chi connectivity index (χ2v) is 6.31. The number of anilines is 2. The minimum Gasteiger partial charge on any atom is -0.339 e. The second-order valence-electron chi connectivity index (χ2n) is 6.31. The molecule has 0 aliphatic carbocycles. The summed E-state index contributed by atoms with van der Waals surface area (Å²) in [6, 6.07) is 8.20. The number of hydrogen-bond acceptors (Lipinski definition) is 6. The van der Waals surface area contributed by atoms with E-state index in [1.54, 1.807) is 10.9 Å². The maximum Gasteiger partial charge on any atom is 0.163 e. The molecule has 0 unspecified atom stereocenters. The van der Waals surface area contributed by atoms with Crippen molar-refractivity contribution in [3.05, 3.63) is 53.5 Å². The molecule has 1 aromatic carbocycles. The molecular weight excluding hydrogens is 328 g/mol. The third kappa shape index (κ3) is 3.01. The van der Waals surface area contributed by atoms with Gasteiger partial charge in [0.15, 0.2) is 5.65 Å². The van der Waals surface area contributed by atoms with E-state index < -0.39 is 0 Å². The number of nitrogens with zero attached hydrogens (tertiary/aromatic N) is 7. The van der Waals surface area contributed by atoms with E-state index in [0.29, 0.717) is 12.4 Å². The number of hydrogen-bond donors (Lipinski definition) is 1. The van der Waals surface area contributed by atoms with Crippen molar-refractivity contribution in [1.29, 1.82) is 0 Å². The van der Waals surface area contributed by atoms with Crippen LogP contribution in [0.3, 0.4) is 0 Å². The maximum atomic E-state index is 4.54. The lowest BCUT2D eigenvalue weighted by Gasteiger charge is -2.10. The normalized spacial score (nSPS) is 11.2. The Labute approximate surface area is 150 Å². The van der Waals surface area contributed by atoms with Gasteiger partial charge in [0.05, 0.1) is 18.1 Å². The Kier molecular flexibility index (Phi) is 3.87. The molecular formula is C18H20N8. The highest BCUT2D eigenvalue weighted by atomic mass is 15.3. The third-order valence-electron chi connectivity index (χ3n) is 4.19. The Morgan fingerprint density at radius 1 is 1.04 bits per heavy atom. The molecule has 0 spiro atoms. The van der Waals surface area contributed by atoms with Gasteiger partial charge in [-0.05, 0) is 38.5 Å². The number of nitrogens with one attached hydrogen (secondary N) is 1. The first-order chi connectivity index (χ1) is 12.5. The molecule has 0 atom stereocenters. The monoisotopic (exact) mass is 348 g/mol. The van der Waals surface area contributed by atoms with Crippen LogP contribution in [0.2, 0.25) is 0 Å². The number of rotatable bonds is 4. The van der Waals surface area contributed by atoms with Crippen molar-refractivity contribution in [2.75, 3.05) is 5.32 Å². The van der Waals surface area contributed by atoms with Gasteiger partial charge in [-0.3, -0.25) is 4.68 Å². The Morgan fingerprint density at radius 3 is 2.65 bits per heavy atom. The molecule has 8 heteroatoms. The van der Waals surface area contributed by atoms with Crippen LogP contribution >= 0.6 is 0 Å². The first-order valence-electron chi connectivity index (χ1n) is 8.40. The van der Waals surface area contributed by atoms with Crippen molar-refractivity contribution in [1.82, 2.24) is 34.5 Å². The van der Waals surface area contributed by atoms with Crippen molar-refractivity contribution in [2.45, 2.75) is 27.3 Å². The van der Waals surface area contributed by atoms with Gasteiger partial charge in [-0.1, -0.05) is 12.1 Å². The van der Waals surface area contributed by atoms with E-state index in [2.05, 4.69) is 42.6 Å². The smallest absolute Gasteiger partial charge is 0.163 e. The zero-order chi connectivity index (χ0) is 18.3. The van der Waals surface area contributed by atoms with Crippen molar-refractivity contribution >= 4 is 22.5 Å². The summed E-state index contributed by atoms with van der Waals surface area (Å²) in [4.78, 5) is 13.3. The van der Waals surface area contributed by atoms with Crippen LogP contribution in [0.5, 0.6) is 0 Å². The molecule has 0 bridgehead atoms. The summed E-state index contributed by atoms with van der Waals surface area (Å²) in [6.07, 6.45) is 1.78. The molecule has 0 amide bonds. The lowest BCUT2D eigenvalue weighted by molar-refractivity contribution is 0.656. The van der Waals surface area contributed by atoms with Crippen molar-refractivity contribution in [2.24, 2.45) is 7.05 Å². The fourth-order valence-corrected chi connectivity index (χ4v) is 2.99. The first kappa shape index (κ1) is 16.2. The molecule has 0 aliphatic rings. The van der Waals surface area contributed by atoms with Crippen LogP contribution in [0.4, 0.5) is 11.5 Å². The molecule has 8 nitrogen and oxygen atoms in total. The molecule has 0 aliphatic heterocycles. The van der Waals surface area contributed by atoms with Gasteiger partial charge in [-0.15, -0.1) is 0 Å². The molecule has 4 rings (SSSR count). The fourth-order valence-electron chi connectivity index (χ4n) is 2.99. The Bertz CT molecular complexity index is 1090. The predicted octanol–water partition coefficient (Wildman–Crippen LogP) is 2.67. The average molecular weight is 348 g/mol.